The molecule has 0 spiro atoms. The highest BCUT2D eigenvalue weighted by Crippen LogP contribution is 2.40. The lowest BCUT2D eigenvalue weighted by Crippen LogP contribution is -3.14. The van der Waals surface area contributed by atoms with Gasteiger partial charge < -0.3 is 15.0 Å². The zero-order chi connectivity index (χ0) is 16.2. The van der Waals surface area contributed by atoms with E-state index >= 15 is 0 Å². The van der Waals surface area contributed by atoms with Gasteiger partial charge in [-0.3, -0.25) is 4.55 Å². The minimum Gasteiger partial charge on any atom is -0.631 e. The molecule has 7 nitrogen and oxygen atoms in total. The van der Waals surface area contributed by atoms with E-state index in [4.69, 9.17) is 4.55 Å². The number of alkyl halides is 4. The number of fused-ring (bicyclic) bond motifs is 2. The SMILES string of the molecule is O=C(OC1C2CCC(C2)[NH+]1[O-])C(F)(C(F)(F)F)S(=O)(=O)O. The third-order valence-electron chi connectivity index (χ3n) is 3.80. The first kappa shape index (κ1) is 16.4. The molecule has 0 radical (unpaired) electrons. The summed E-state index contributed by atoms with van der Waals surface area (Å²) in [7, 11) is -6.47. The van der Waals surface area contributed by atoms with Crippen LogP contribution in [0.2, 0.25) is 0 Å². The van der Waals surface area contributed by atoms with Crippen molar-refractivity contribution in [3.8, 4) is 0 Å². The largest absolute Gasteiger partial charge is 0.631 e. The number of hydrogen-bond donors (Lipinski definition) is 2. The standard InChI is InChI=1S/C9H11F4NO6S/c10-8(9(11,12)13,21(17,18)19)7(15)20-6-4-1-2-5(3-4)14(6)16/h4-6,14H,1-3H2,(H,17,18,19). The average molecular weight is 337 g/mol. The third-order valence-corrected chi connectivity index (χ3v) is 4.91. The van der Waals surface area contributed by atoms with E-state index < -0.39 is 50.5 Å². The minimum absolute atomic E-state index is 0.300. The Balaban J connectivity index is 2.25. The summed E-state index contributed by atoms with van der Waals surface area (Å²) < 4.78 is 85.0. The molecule has 5 atom stereocenters. The summed E-state index contributed by atoms with van der Waals surface area (Å²) in [4.78, 5) is 11.3. The number of carbonyl (C=O) groups excluding carboxylic acids is 1. The van der Waals surface area contributed by atoms with Gasteiger partial charge in [0.05, 0.1) is 12.0 Å². The molecule has 0 aromatic carbocycles. The van der Waals surface area contributed by atoms with Crippen LogP contribution in [0.1, 0.15) is 19.3 Å². The Labute approximate surface area is 116 Å². The van der Waals surface area contributed by atoms with E-state index in [-0.39, 0.29) is 0 Å². The molecule has 1 saturated heterocycles. The maximum absolute atomic E-state index is 13.7. The van der Waals surface area contributed by atoms with E-state index in [0.717, 1.165) is 0 Å². The van der Waals surface area contributed by atoms with Crippen molar-refractivity contribution in [1.82, 2.24) is 0 Å². The van der Waals surface area contributed by atoms with Gasteiger partial charge in [-0.1, -0.05) is 0 Å². The molecule has 2 bridgehead atoms. The van der Waals surface area contributed by atoms with Gasteiger partial charge in [-0.25, -0.2) is 9.18 Å². The van der Waals surface area contributed by atoms with E-state index in [9.17, 15) is 36.0 Å². The molecule has 2 aliphatic rings. The van der Waals surface area contributed by atoms with Crippen molar-refractivity contribution in [3.05, 3.63) is 5.21 Å². The van der Waals surface area contributed by atoms with E-state index in [0.29, 0.717) is 19.3 Å². The summed E-state index contributed by atoms with van der Waals surface area (Å²) in [5.41, 5.74) is 0. The number of rotatable bonds is 3. The summed E-state index contributed by atoms with van der Waals surface area (Å²) in [5.74, 6) is -3.39. The smallest absolute Gasteiger partial charge is 0.451 e. The molecule has 1 aliphatic carbocycles. The number of hydrogen-bond acceptors (Lipinski definition) is 5. The number of piperidine rings is 1. The van der Waals surface area contributed by atoms with Gasteiger partial charge in [0.15, 0.2) is 0 Å². The highest BCUT2D eigenvalue weighted by Gasteiger charge is 2.73. The highest BCUT2D eigenvalue weighted by molar-refractivity contribution is 7.88. The number of nitrogens with one attached hydrogen (secondary N) is 1. The highest BCUT2D eigenvalue weighted by atomic mass is 32.2. The zero-order valence-electron chi connectivity index (χ0n) is 10.3. The van der Waals surface area contributed by atoms with Gasteiger partial charge >= 0.3 is 27.3 Å². The number of carbonyl (C=O) groups is 1. The number of esters is 1. The van der Waals surface area contributed by atoms with Crippen molar-refractivity contribution >= 4 is 16.1 Å². The Bertz CT molecular complexity index is 549. The van der Waals surface area contributed by atoms with Crippen LogP contribution in [-0.2, 0) is 19.6 Å². The second-order valence-corrected chi connectivity index (χ2v) is 6.58. The molecule has 0 aromatic heterocycles. The molecule has 12 heteroatoms. The molecule has 1 saturated carbocycles. The summed E-state index contributed by atoms with van der Waals surface area (Å²) in [6.07, 6.45) is -6.64. The number of ether oxygens (including phenoxy) is 1. The lowest BCUT2D eigenvalue weighted by atomic mass is 10.1. The minimum atomic E-state index is -6.47. The fraction of sp³-hybridized carbons (Fsp3) is 0.889. The van der Waals surface area contributed by atoms with Crippen LogP contribution in [0.4, 0.5) is 17.6 Å². The van der Waals surface area contributed by atoms with Crippen molar-refractivity contribution in [3.63, 3.8) is 0 Å². The topological polar surface area (TPSA) is 108 Å². The van der Waals surface area contributed by atoms with Gasteiger partial charge in [-0.15, -0.1) is 0 Å². The summed E-state index contributed by atoms with van der Waals surface area (Å²) >= 11 is 0. The number of quaternary nitrogens is 1. The van der Waals surface area contributed by atoms with E-state index in [1.807, 2.05) is 0 Å². The van der Waals surface area contributed by atoms with Gasteiger partial charge in [-0.2, -0.15) is 21.6 Å². The van der Waals surface area contributed by atoms with Crippen molar-refractivity contribution < 1.29 is 45.1 Å². The molecule has 1 heterocycles. The van der Waals surface area contributed by atoms with Gasteiger partial charge in [-0.05, 0) is 6.42 Å². The van der Waals surface area contributed by atoms with Gasteiger partial charge in [0.2, 0.25) is 6.23 Å². The summed E-state index contributed by atoms with van der Waals surface area (Å²) in [5, 5.41) is 5.37. The predicted octanol–water partition coefficient (Wildman–Crippen LogP) is -0.463. The monoisotopic (exact) mass is 337 g/mol. The maximum atomic E-state index is 13.7. The molecule has 0 aromatic rings. The quantitative estimate of drug-likeness (QED) is 0.312. The Morgan fingerprint density at radius 1 is 1.29 bits per heavy atom. The van der Waals surface area contributed by atoms with Crippen LogP contribution in [0, 0.1) is 11.1 Å². The first-order valence-corrected chi connectivity index (χ1v) is 7.31. The Morgan fingerprint density at radius 2 is 1.86 bits per heavy atom. The molecule has 2 fully saturated rings. The first-order chi connectivity index (χ1) is 9.39. The third kappa shape index (κ3) is 2.39. The van der Waals surface area contributed by atoms with Crippen LogP contribution in [0.3, 0.4) is 0 Å². The normalized spacial score (nSPS) is 35.5. The predicted molar refractivity (Wildman–Crippen MR) is 56.8 cm³/mol. The van der Waals surface area contributed by atoms with Crippen LogP contribution in [0.5, 0.6) is 0 Å². The molecular formula is C9H11F4NO6S. The van der Waals surface area contributed by atoms with E-state index in [2.05, 4.69) is 4.74 Å². The molecule has 21 heavy (non-hydrogen) atoms. The van der Waals surface area contributed by atoms with Crippen LogP contribution in [0.25, 0.3) is 0 Å². The Morgan fingerprint density at radius 3 is 2.24 bits per heavy atom. The van der Waals surface area contributed by atoms with Crippen LogP contribution in [-0.4, -0.2) is 42.4 Å². The van der Waals surface area contributed by atoms with Crippen molar-refractivity contribution in [2.24, 2.45) is 5.92 Å². The fourth-order valence-electron chi connectivity index (χ4n) is 2.73. The van der Waals surface area contributed by atoms with Crippen LogP contribution < -0.4 is 5.06 Å². The van der Waals surface area contributed by atoms with Crippen molar-refractivity contribution in [1.29, 1.82) is 0 Å². The van der Waals surface area contributed by atoms with E-state index in [1.165, 1.54) is 0 Å². The molecular weight excluding hydrogens is 326 g/mol. The zero-order valence-corrected chi connectivity index (χ0v) is 11.1. The van der Waals surface area contributed by atoms with Crippen LogP contribution >= 0.6 is 0 Å². The fourth-order valence-corrected chi connectivity index (χ4v) is 3.28. The van der Waals surface area contributed by atoms with Crippen molar-refractivity contribution in [2.75, 3.05) is 0 Å². The average Bonchev–Trinajstić information content (AvgIpc) is 2.88. The number of halogens is 4. The molecule has 1 aliphatic heterocycles. The summed E-state index contributed by atoms with van der Waals surface area (Å²) in [6.45, 7) is 0. The molecule has 5 unspecified atom stereocenters. The molecule has 2 rings (SSSR count). The second kappa shape index (κ2) is 4.76. The Hall–Kier alpha value is -0.980. The Kier molecular flexibility index (Phi) is 3.72. The molecule has 2 N–H and O–H groups in total. The second-order valence-electron chi connectivity index (χ2n) is 5.07. The summed E-state index contributed by atoms with van der Waals surface area (Å²) in [6, 6.07) is -0.474. The molecule has 122 valence electrons. The lowest BCUT2D eigenvalue weighted by molar-refractivity contribution is -0.914. The maximum Gasteiger partial charge on any atom is 0.451 e. The van der Waals surface area contributed by atoms with Crippen LogP contribution in [0.15, 0.2) is 0 Å². The van der Waals surface area contributed by atoms with Gasteiger partial charge in [0.1, 0.15) is 0 Å². The van der Waals surface area contributed by atoms with E-state index in [1.54, 1.807) is 0 Å². The van der Waals surface area contributed by atoms with Crippen molar-refractivity contribution in [2.45, 2.75) is 42.7 Å². The number of hydroxylamine groups is 2. The lowest BCUT2D eigenvalue weighted by Gasteiger charge is -2.35. The molecule has 0 amide bonds. The van der Waals surface area contributed by atoms with Gasteiger partial charge in [0.25, 0.3) is 0 Å². The van der Waals surface area contributed by atoms with Gasteiger partial charge in [0, 0.05) is 12.8 Å². The first-order valence-electron chi connectivity index (χ1n) is 5.87.